The van der Waals surface area contributed by atoms with Gasteiger partial charge in [-0.1, -0.05) is 23.2 Å². The van der Waals surface area contributed by atoms with Crippen LogP contribution in [-0.2, 0) is 4.79 Å². The maximum absolute atomic E-state index is 11.8. The monoisotopic (exact) mass is 300 g/mol. The number of hydrogen-bond donors (Lipinski definition) is 1. The summed E-state index contributed by atoms with van der Waals surface area (Å²) in [5.41, 5.74) is 2.53. The smallest absolute Gasteiger partial charge is 0.279 e. The highest BCUT2D eigenvalue weighted by molar-refractivity contribution is 6.35. The van der Waals surface area contributed by atoms with Gasteiger partial charge in [0, 0.05) is 5.02 Å². The van der Waals surface area contributed by atoms with Gasteiger partial charge in [-0.2, -0.15) is 0 Å². The molecule has 6 nitrogen and oxygen atoms in total. The van der Waals surface area contributed by atoms with Crippen LogP contribution in [0, 0.1) is 0 Å². The highest BCUT2D eigenvalue weighted by Crippen LogP contribution is 2.28. The Balaban J connectivity index is 2.00. The molecule has 0 saturated heterocycles. The number of benzene rings is 1. The van der Waals surface area contributed by atoms with Crippen molar-refractivity contribution in [1.82, 2.24) is 14.9 Å². The van der Waals surface area contributed by atoms with E-state index in [4.69, 9.17) is 27.9 Å². The Hall–Kier alpha value is -1.79. The van der Waals surface area contributed by atoms with Crippen LogP contribution in [0.25, 0.3) is 0 Å². The average Bonchev–Trinajstić information content (AvgIpc) is 2.85. The van der Waals surface area contributed by atoms with E-state index < -0.39 is 6.10 Å². The number of aromatic nitrogens is 3. The van der Waals surface area contributed by atoms with Crippen LogP contribution in [0.15, 0.2) is 30.9 Å². The van der Waals surface area contributed by atoms with Crippen molar-refractivity contribution in [3.63, 3.8) is 0 Å². The lowest BCUT2D eigenvalue weighted by Gasteiger charge is -2.15. The van der Waals surface area contributed by atoms with Crippen molar-refractivity contribution in [1.29, 1.82) is 0 Å². The number of amides is 1. The van der Waals surface area contributed by atoms with E-state index in [1.807, 2.05) is 0 Å². The molecule has 1 aromatic heterocycles. The third kappa shape index (κ3) is 3.59. The summed E-state index contributed by atoms with van der Waals surface area (Å²) in [4.78, 5) is 11.8. The molecule has 0 aliphatic rings. The number of rotatable bonds is 4. The Labute approximate surface area is 119 Å². The molecule has 8 heteroatoms. The van der Waals surface area contributed by atoms with E-state index in [9.17, 15) is 4.79 Å². The van der Waals surface area contributed by atoms with Crippen molar-refractivity contribution in [3.05, 3.63) is 40.9 Å². The summed E-state index contributed by atoms with van der Waals surface area (Å²) in [5, 5.41) is 7.97. The second-order valence-corrected chi connectivity index (χ2v) is 4.52. The Morgan fingerprint density at radius 1 is 1.37 bits per heavy atom. The van der Waals surface area contributed by atoms with E-state index in [-0.39, 0.29) is 5.91 Å². The van der Waals surface area contributed by atoms with E-state index in [1.54, 1.807) is 25.1 Å². The third-order valence-corrected chi connectivity index (χ3v) is 2.76. The Kier molecular flexibility index (Phi) is 4.24. The van der Waals surface area contributed by atoms with Crippen LogP contribution in [0.3, 0.4) is 0 Å². The summed E-state index contributed by atoms with van der Waals surface area (Å²) in [6.45, 7) is 1.60. The number of hydrogen-bond acceptors (Lipinski definition) is 4. The van der Waals surface area contributed by atoms with Crippen molar-refractivity contribution in [2.24, 2.45) is 0 Å². The lowest BCUT2D eigenvalue weighted by molar-refractivity contribution is -0.123. The molecule has 1 amide bonds. The molecule has 0 aliphatic carbocycles. The highest BCUT2D eigenvalue weighted by Gasteiger charge is 2.16. The van der Waals surface area contributed by atoms with Crippen molar-refractivity contribution in [2.45, 2.75) is 13.0 Å². The Morgan fingerprint density at radius 2 is 2.05 bits per heavy atom. The van der Waals surface area contributed by atoms with Gasteiger partial charge < -0.3 is 4.74 Å². The van der Waals surface area contributed by atoms with Gasteiger partial charge in [-0.25, -0.2) is 4.68 Å². The van der Waals surface area contributed by atoms with Gasteiger partial charge in [0.2, 0.25) is 0 Å². The predicted molar refractivity (Wildman–Crippen MR) is 70.9 cm³/mol. The van der Waals surface area contributed by atoms with Crippen LogP contribution >= 0.6 is 23.2 Å². The van der Waals surface area contributed by atoms with E-state index >= 15 is 0 Å². The first kappa shape index (κ1) is 13.6. The van der Waals surface area contributed by atoms with Gasteiger partial charge in [0.15, 0.2) is 6.10 Å². The average molecular weight is 301 g/mol. The molecule has 0 saturated carbocycles. The Morgan fingerprint density at radius 3 is 2.68 bits per heavy atom. The van der Waals surface area contributed by atoms with Crippen molar-refractivity contribution >= 4 is 29.1 Å². The molecule has 100 valence electrons. The summed E-state index contributed by atoms with van der Waals surface area (Å²) >= 11 is 11.7. The minimum absolute atomic E-state index is 0.344. The van der Waals surface area contributed by atoms with Crippen molar-refractivity contribution in [3.8, 4) is 5.75 Å². The minimum Gasteiger partial charge on any atom is -0.479 e. The summed E-state index contributed by atoms with van der Waals surface area (Å²) in [7, 11) is 0. The molecule has 1 atom stereocenters. The fourth-order valence-electron chi connectivity index (χ4n) is 1.29. The largest absolute Gasteiger partial charge is 0.479 e. The third-order valence-electron chi connectivity index (χ3n) is 2.22. The second-order valence-electron chi connectivity index (χ2n) is 3.68. The van der Waals surface area contributed by atoms with Gasteiger partial charge in [0.25, 0.3) is 5.91 Å². The molecule has 1 aromatic carbocycles. The van der Waals surface area contributed by atoms with E-state index in [0.717, 1.165) is 0 Å². The SMILES string of the molecule is C[C@H](Oc1ccc(Cl)cc1Cl)C(=O)Nn1cnnc1. The standard InChI is InChI=1S/C11H10Cl2N4O2/c1-7(11(18)16-17-5-14-15-6-17)19-10-3-2-8(12)4-9(10)13/h2-7H,1H3,(H,16,18)/t7-/m0/s1. The molecule has 2 rings (SSSR count). The maximum atomic E-state index is 11.8. The van der Waals surface area contributed by atoms with E-state index in [0.29, 0.717) is 15.8 Å². The van der Waals surface area contributed by atoms with Gasteiger partial charge in [-0.05, 0) is 25.1 Å². The lowest BCUT2D eigenvalue weighted by atomic mass is 10.3. The van der Waals surface area contributed by atoms with Crippen molar-refractivity contribution in [2.75, 3.05) is 5.43 Å². The van der Waals surface area contributed by atoms with Gasteiger partial charge in [0.1, 0.15) is 18.4 Å². The van der Waals surface area contributed by atoms with Crippen LogP contribution < -0.4 is 10.2 Å². The van der Waals surface area contributed by atoms with Gasteiger partial charge in [-0.15, -0.1) is 10.2 Å². The fourth-order valence-corrected chi connectivity index (χ4v) is 1.74. The summed E-state index contributed by atoms with van der Waals surface area (Å²) in [6, 6.07) is 4.78. The zero-order chi connectivity index (χ0) is 13.8. The molecule has 0 aliphatic heterocycles. The number of nitrogens with zero attached hydrogens (tertiary/aromatic N) is 3. The molecular formula is C11H10Cl2N4O2. The quantitative estimate of drug-likeness (QED) is 0.939. The molecule has 19 heavy (non-hydrogen) atoms. The number of carbonyl (C=O) groups excluding carboxylic acids is 1. The van der Waals surface area contributed by atoms with Crippen LogP contribution in [0.2, 0.25) is 10.0 Å². The van der Waals surface area contributed by atoms with Crippen LogP contribution in [0.1, 0.15) is 6.92 Å². The molecule has 0 unspecified atom stereocenters. The van der Waals surface area contributed by atoms with E-state index in [1.165, 1.54) is 17.3 Å². The molecular weight excluding hydrogens is 291 g/mol. The molecule has 2 aromatic rings. The van der Waals surface area contributed by atoms with Crippen LogP contribution in [-0.4, -0.2) is 26.9 Å². The number of nitrogens with one attached hydrogen (secondary N) is 1. The molecule has 0 radical (unpaired) electrons. The van der Waals surface area contributed by atoms with Crippen LogP contribution in [0.4, 0.5) is 0 Å². The maximum Gasteiger partial charge on any atom is 0.279 e. The first-order valence-electron chi connectivity index (χ1n) is 5.33. The van der Waals surface area contributed by atoms with Gasteiger partial charge in [0.05, 0.1) is 5.02 Å². The second kappa shape index (κ2) is 5.90. The lowest BCUT2D eigenvalue weighted by Crippen LogP contribution is -2.34. The predicted octanol–water partition coefficient (Wildman–Crippen LogP) is 2.12. The van der Waals surface area contributed by atoms with Crippen LogP contribution in [0.5, 0.6) is 5.75 Å². The molecule has 0 fully saturated rings. The highest BCUT2D eigenvalue weighted by atomic mass is 35.5. The summed E-state index contributed by atoms with van der Waals surface area (Å²) < 4.78 is 6.78. The first-order valence-corrected chi connectivity index (χ1v) is 6.09. The summed E-state index contributed by atoms with van der Waals surface area (Å²) in [5.74, 6) is 0.0308. The number of ether oxygens (including phenoxy) is 1. The minimum atomic E-state index is -0.735. The zero-order valence-corrected chi connectivity index (χ0v) is 11.4. The number of carbonyl (C=O) groups is 1. The topological polar surface area (TPSA) is 69.0 Å². The molecule has 0 spiro atoms. The normalized spacial score (nSPS) is 11.9. The molecule has 1 N–H and O–H groups in total. The van der Waals surface area contributed by atoms with Gasteiger partial charge in [-0.3, -0.25) is 10.2 Å². The molecule has 0 bridgehead atoms. The Bertz CT molecular complexity index is 574. The molecule has 1 heterocycles. The van der Waals surface area contributed by atoms with Gasteiger partial charge >= 0.3 is 0 Å². The number of halogens is 2. The first-order chi connectivity index (χ1) is 9.06. The summed E-state index contributed by atoms with van der Waals surface area (Å²) in [6.07, 6.45) is 1.99. The van der Waals surface area contributed by atoms with E-state index in [2.05, 4.69) is 15.6 Å². The fraction of sp³-hybridized carbons (Fsp3) is 0.182. The van der Waals surface area contributed by atoms with Crippen molar-refractivity contribution < 1.29 is 9.53 Å². The zero-order valence-electron chi connectivity index (χ0n) is 9.88.